The van der Waals surface area contributed by atoms with Crippen LogP contribution in [0.25, 0.3) is 32.7 Å². The van der Waals surface area contributed by atoms with E-state index in [2.05, 4.69) is 0 Å². The van der Waals surface area contributed by atoms with Gasteiger partial charge in [-0.05, 0) is 46.2 Å². The minimum atomic E-state index is -0.459. The molecule has 1 N–H and O–H groups in total. The van der Waals surface area contributed by atoms with Gasteiger partial charge in [0.1, 0.15) is 11.5 Å². The van der Waals surface area contributed by atoms with Crippen LogP contribution in [0.3, 0.4) is 0 Å². The van der Waals surface area contributed by atoms with Crippen LogP contribution in [0.1, 0.15) is 5.56 Å². The summed E-state index contributed by atoms with van der Waals surface area (Å²) in [6.07, 6.45) is -0.459. The number of ether oxygens (including phenoxy) is 1. The van der Waals surface area contributed by atoms with E-state index in [0.29, 0.717) is 11.3 Å². The molecular formula is C24H21NO3. The van der Waals surface area contributed by atoms with Gasteiger partial charge in [-0.15, -0.1) is 0 Å². The minimum absolute atomic E-state index is 0.150. The fraction of sp³-hybridized carbons (Fsp3) is 0.125. The summed E-state index contributed by atoms with van der Waals surface area (Å²) in [5.74, 6) is 0.612. The number of phenolic OH excluding ortho intramolecular Hbond substituents is 1. The third-order valence-electron chi connectivity index (χ3n) is 4.90. The van der Waals surface area contributed by atoms with E-state index in [0.717, 1.165) is 32.7 Å². The Bertz CT molecular complexity index is 1210. The number of fused-ring (bicyclic) bond motifs is 2. The van der Waals surface area contributed by atoms with Crippen LogP contribution in [0.15, 0.2) is 66.7 Å². The molecule has 0 aromatic heterocycles. The van der Waals surface area contributed by atoms with Crippen LogP contribution in [-0.2, 0) is 0 Å². The van der Waals surface area contributed by atoms with Gasteiger partial charge in [0.05, 0.1) is 0 Å². The van der Waals surface area contributed by atoms with Gasteiger partial charge >= 0.3 is 6.09 Å². The highest BCUT2D eigenvalue weighted by molar-refractivity contribution is 6.10. The summed E-state index contributed by atoms with van der Waals surface area (Å²) < 4.78 is 5.78. The summed E-state index contributed by atoms with van der Waals surface area (Å²) in [5, 5.41) is 14.7. The van der Waals surface area contributed by atoms with Gasteiger partial charge in [0.15, 0.2) is 0 Å². The molecule has 0 saturated carbocycles. The molecule has 0 aliphatic rings. The van der Waals surface area contributed by atoms with E-state index < -0.39 is 6.09 Å². The Morgan fingerprint density at radius 2 is 1.46 bits per heavy atom. The number of hydrogen-bond donors (Lipinski definition) is 1. The van der Waals surface area contributed by atoms with Gasteiger partial charge in [-0.1, -0.05) is 54.6 Å². The van der Waals surface area contributed by atoms with Crippen molar-refractivity contribution >= 4 is 27.6 Å². The number of hydrogen-bond acceptors (Lipinski definition) is 3. The number of carbonyl (C=O) groups is 1. The second-order valence-corrected chi connectivity index (χ2v) is 7.06. The van der Waals surface area contributed by atoms with E-state index >= 15 is 0 Å². The van der Waals surface area contributed by atoms with Gasteiger partial charge in [-0.3, -0.25) is 0 Å². The van der Waals surface area contributed by atoms with Crippen molar-refractivity contribution in [2.75, 3.05) is 14.1 Å². The molecule has 0 unspecified atom stereocenters. The minimum Gasteiger partial charge on any atom is -0.507 e. The van der Waals surface area contributed by atoms with Crippen LogP contribution < -0.4 is 4.74 Å². The Labute approximate surface area is 163 Å². The van der Waals surface area contributed by atoms with Gasteiger partial charge in [-0.2, -0.15) is 0 Å². The van der Waals surface area contributed by atoms with E-state index in [1.165, 1.54) is 4.90 Å². The van der Waals surface area contributed by atoms with Gasteiger partial charge in [0.25, 0.3) is 0 Å². The van der Waals surface area contributed by atoms with Crippen molar-refractivity contribution in [1.82, 2.24) is 4.90 Å². The Morgan fingerprint density at radius 1 is 0.857 bits per heavy atom. The van der Waals surface area contributed by atoms with Crippen molar-refractivity contribution in [2.24, 2.45) is 0 Å². The predicted octanol–water partition coefficient (Wildman–Crippen LogP) is 5.73. The zero-order chi connectivity index (χ0) is 19.8. The van der Waals surface area contributed by atoms with Crippen LogP contribution >= 0.6 is 0 Å². The molecule has 0 aliphatic heterocycles. The van der Waals surface area contributed by atoms with Crippen molar-refractivity contribution in [3.63, 3.8) is 0 Å². The average molecular weight is 371 g/mol. The van der Waals surface area contributed by atoms with Gasteiger partial charge in [0, 0.05) is 25.2 Å². The molecule has 0 atom stereocenters. The number of nitrogens with zero attached hydrogens (tertiary/aromatic N) is 1. The van der Waals surface area contributed by atoms with E-state index in [1.54, 1.807) is 20.2 Å². The van der Waals surface area contributed by atoms with Gasteiger partial charge < -0.3 is 14.7 Å². The maximum atomic E-state index is 12.4. The molecule has 0 fully saturated rings. The Balaban J connectivity index is 2.14. The molecule has 0 heterocycles. The number of benzene rings is 4. The monoisotopic (exact) mass is 371 g/mol. The summed E-state index contributed by atoms with van der Waals surface area (Å²) >= 11 is 0. The van der Waals surface area contributed by atoms with Crippen molar-refractivity contribution in [1.29, 1.82) is 0 Å². The van der Waals surface area contributed by atoms with Gasteiger partial charge in [-0.25, -0.2) is 4.79 Å². The molecule has 0 spiro atoms. The lowest BCUT2D eigenvalue weighted by Gasteiger charge is -2.20. The normalized spacial score (nSPS) is 11.0. The topological polar surface area (TPSA) is 49.8 Å². The SMILES string of the molecule is Cc1cc2ccccc2c(-c2c(O)ccc3ccccc23)c1OC(=O)N(C)C. The standard InChI is InChI=1S/C24H21NO3/c1-15-14-17-9-5-7-11-19(17)22(23(15)28-24(27)25(2)3)21-18-10-6-4-8-16(18)12-13-20(21)26/h4-14,26H,1-3H3. The predicted molar refractivity (Wildman–Crippen MR) is 113 cm³/mol. The molecular weight excluding hydrogens is 350 g/mol. The van der Waals surface area contributed by atoms with Crippen molar-refractivity contribution < 1.29 is 14.6 Å². The molecule has 28 heavy (non-hydrogen) atoms. The summed E-state index contributed by atoms with van der Waals surface area (Å²) in [4.78, 5) is 13.8. The molecule has 4 aromatic rings. The first-order valence-electron chi connectivity index (χ1n) is 9.10. The summed E-state index contributed by atoms with van der Waals surface area (Å²) in [6.45, 7) is 1.91. The van der Waals surface area contributed by atoms with Crippen LogP contribution in [0.5, 0.6) is 11.5 Å². The molecule has 4 aromatic carbocycles. The third-order valence-corrected chi connectivity index (χ3v) is 4.90. The molecule has 1 amide bonds. The number of rotatable bonds is 2. The van der Waals surface area contributed by atoms with E-state index in [1.807, 2.05) is 67.6 Å². The number of amides is 1. The van der Waals surface area contributed by atoms with Crippen molar-refractivity contribution in [3.05, 3.63) is 72.3 Å². The lowest BCUT2D eigenvalue weighted by Crippen LogP contribution is -2.25. The number of phenols is 1. The summed E-state index contributed by atoms with van der Waals surface area (Å²) in [6, 6.07) is 21.4. The Morgan fingerprint density at radius 3 is 2.14 bits per heavy atom. The highest BCUT2D eigenvalue weighted by Gasteiger charge is 2.22. The first kappa shape index (κ1) is 17.9. The van der Waals surface area contributed by atoms with Crippen molar-refractivity contribution in [3.8, 4) is 22.6 Å². The maximum Gasteiger partial charge on any atom is 0.414 e. The number of aromatic hydroxyl groups is 1. The van der Waals surface area contributed by atoms with Crippen LogP contribution in [0, 0.1) is 6.92 Å². The molecule has 0 radical (unpaired) electrons. The molecule has 0 saturated heterocycles. The zero-order valence-corrected chi connectivity index (χ0v) is 16.1. The van der Waals surface area contributed by atoms with Crippen LogP contribution in [0.2, 0.25) is 0 Å². The lowest BCUT2D eigenvalue weighted by molar-refractivity contribution is 0.172. The zero-order valence-electron chi connectivity index (χ0n) is 16.1. The number of aryl methyl sites for hydroxylation is 1. The second-order valence-electron chi connectivity index (χ2n) is 7.06. The molecule has 140 valence electrons. The Kier molecular flexibility index (Phi) is 4.40. The highest BCUT2D eigenvalue weighted by atomic mass is 16.6. The maximum absolute atomic E-state index is 12.4. The Hall–Kier alpha value is -3.53. The van der Waals surface area contributed by atoms with E-state index in [9.17, 15) is 9.90 Å². The van der Waals surface area contributed by atoms with Gasteiger partial charge in [0.2, 0.25) is 0 Å². The van der Waals surface area contributed by atoms with Crippen molar-refractivity contribution in [2.45, 2.75) is 6.92 Å². The smallest absolute Gasteiger partial charge is 0.414 e. The molecule has 4 nitrogen and oxygen atoms in total. The van der Waals surface area contributed by atoms with E-state index in [-0.39, 0.29) is 5.75 Å². The second kappa shape index (κ2) is 6.89. The number of carbonyl (C=O) groups excluding carboxylic acids is 1. The molecule has 0 aliphatic carbocycles. The van der Waals surface area contributed by atoms with Crippen LogP contribution in [-0.4, -0.2) is 30.2 Å². The molecule has 0 bridgehead atoms. The quantitative estimate of drug-likeness (QED) is 0.489. The fourth-order valence-electron chi connectivity index (χ4n) is 3.55. The largest absolute Gasteiger partial charge is 0.507 e. The summed E-state index contributed by atoms with van der Waals surface area (Å²) in [7, 11) is 3.29. The lowest BCUT2D eigenvalue weighted by atomic mass is 9.90. The summed E-state index contributed by atoms with van der Waals surface area (Å²) in [5.41, 5.74) is 2.22. The third kappa shape index (κ3) is 2.93. The fourth-order valence-corrected chi connectivity index (χ4v) is 3.55. The van der Waals surface area contributed by atoms with Crippen LogP contribution in [0.4, 0.5) is 4.79 Å². The molecule has 4 rings (SSSR count). The molecule has 4 heteroatoms. The average Bonchev–Trinajstić information content (AvgIpc) is 2.69. The first-order chi connectivity index (χ1) is 13.5. The highest BCUT2D eigenvalue weighted by Crippen LogP contribution is 2.46. The first-order valence-corrected chi connectivity index (χ1v) is 9.10. The van der Waals surface area contributed by atoms with E-state index in [4.69, 9.17) is 4.74 Å².